The van der Waals surface area contributed by atoms with Crippen molar-refractivity contribution in [3.8, 4) is 11.5 Å². The van der Waals surface area contributed by atoms with Crippen LogP contribution < -0.4 is 14.8 Å². The summed E-state index contributed by atoms with van der Waals surface area (Å²) < 4.78 is 10.3. The van der Waals surface area contributed by atoms with E-state index in [2.05, 4.69) is 11.4 Å². The Morgan fingerprint density at radius 3 is 2.48 bits per heavy atom. The number of amides is 1. The maximum atomic E-state index is 11.9. The fourth-order valence-electron chi connectivity index (χ4n) is 2.38. The summed E-state index contributed by atoms with van der Waals surface area (Å²) >= 11 is 1.62. The maximum absolute atomic E-state index is 11.9. The van der Waals surface area contributed by atoms with Gasteiger partial charge < -0.3 is 14.8 Å². The van der Waals surface area contributed by atoms with Gasteiger partial charge in [-0.25, -0.2) is 0 Å². The summed E-state index contributed by atoms with van der Waals surface area (Å²) in [5.41, 5.74) is 2.42. The molecule has 0 atom stereocenters. The first-order chi connectivity index (χ1) is 12.2. The molecule has 4 nitrogen and oxygen atoms in total. The highest BCUT2D eigenvalue weighted by molar-refractivity contribution is 7.99. The van der Waals surface area contributed by atoms with E-state index in [1.165, 1.54) is 11.1 Å². The zero-order valence-corrected chi connectivity index (χ0v) is 15.6. The van der Waals surface area contributed by atoms with Crippen LogP contribution in [0.2, 0.25) is 0 Å². The summed E-state index contributed by atoms with van der Waals surface area (Å²) in [7, 11) is 3.32. The molecule has 0 aliphatic carbocycles. The quantitative estimate of drug-likeness (QED) is 0.657. The summed E-state index contributed by atoms with van der Waals surface area (Å²) in [6.45, 7) is 0.694. The van der Waals surface area contributed by atoms with Gasteiger partial charge in [-0.3, -0.25) is 4.79 Å². The number of benzene rings is 2. The molecule has 0 heterocycles. The van der Waals surface area contributed by atoms with Crippen molar-refractivity contribution in [1.29, 1.82) is 0 Å². The predicted octanol–water partition coefficient (Wildman–Crippen LogP) is 3.69. The largest absolute Gasteiger partial charge is 0.497 e. The Labute approximate surface area is 153 Å². The average molecular weight is 359 g/mol. The van der Waals surface area contributed by atoms with E-state index >= 15 is 0 Å². The lowest BCUT2D eigenvalue weighted by molar-refractivity contribution is -0.118. The highest BCUT2D eigenvalue weighted by Gasteiger charge is 2.03. The minimum Gasteiger partial charge on any atom is -0.497 e. The highest BCUT2D eigenvalue weighted by Crippen LogP contribution is 2.16. The van der Waals surface area contributed by atoms with Crippen molar-refractivity contribution in [3.05, 3.63) is 59.7 Å². The van der Waals surface area contributed by atoms with Crippen LogP contribution in [-0.4, -0.2) is 32.4 Å². The monoisotopic (exact) mass is 359 g/mol. The third-order valence-corrected chi connectivity index (χ3v) is 4.76. The molecule has 0 bridgehead atoms. The zero-order valence-electron chi connectivity index (χ0n) is 14.8. The molecule has 0 radical (unpaired) electrons. The van der Waals surface area contributed by atoms with Crippen LogP contribution in [0, 0.1) is 0 Å². The Hall–Kier alpha value is -2.14. The van der Waals surface area contributed by atoms with E-state index in [4.69, 9.17) is 9.47 Å². The first-order valence-corrected chi connectivity index (χ1v) is 9.47. The topological polar surface area (TPSA) is 47.6 Å². The number of methoxy groups -OCH3 is 2. The van der Waals surface area contributed by atoms with Gasteiger partial charge in [0.25, 0.3) is 0 Å². The highest BCUT2D eigenvalue weighted by atomic mass is 32.2. The van der Waals surface area contributed by atoms with Gasteiger partial charge in [-0.05, 0) is 48.2 Å². The fraction of sp³-hybridized carbons (Fsp3) is 0.350. The molecule has 1 amide bonds. The minimum atomic E-state index is 0.0872. The molecule has 2 aromatic carbocycles. The number of hydrogen-bond donors (Lipinski definition) is 1. The van der Waals surface area contributed by atoms with Gasteiger partial charge in [-0.2, -0.15) is 0 Å². The van der Waals surface area contributed by atoms with Crippen LogP contribution in [0.4, 0.5) is 0 Å². The molecule has 0 saturated carbocycles. The molecule has 5 heteroatoms. The molecule has 0 saturated heterocycles. The van der Waals surface area contributed by atoms with E-state index in [1.807, 2.05) is 42.5 Å². The van der Waals surface area contributed by atoms with Crippen LogP contribution in [0.1, 0.15) is 17.5 Å². The van der Waals surface area contributed by atoms with Crippen molar-refractivity contribution in [2.45, 2.75) is 18.6 Å². The standard InChI is InChI=1S/C20H25NO3S/c1-23-18-10-8-17(9-11-18)14-25-15-20(22)21-12-4-6-16-5-3-7-19(13-16)24-2/h3,5,7-11,13H,4,6,12,14-15H2,1-2H3,(H,21,22). The van der Waals surface area contributed by atoms with Crippen molar-refractivity contribution in [3.63, 3.8) is 0 Å². The van der Waals surface area contributed by atoms with Crippen LogP contribution in [-0.2, 0) is 17.0 Å². The van der Waals surface area contributed by atoms with Crippen LogP contribution in [0.3, 0.4) is 0 Å². The van der Waals surface area contributed by atoms with Crippen molar-refractivity contribution in [2.75, 3.05) is 26.5 Å². The molecular formula is C20H25NO3S. The van der Waals surface area contributed by atoms with E-state index in [0.29, 0.717) is 12.3 Å². The lowest BCUT2D eigenvalue weighted by Crippen LogP contribution is -2.26. The van der Waals surface area contributed by atoms with Gasteiger partial charge in [0.15, 0.2) is 0 Å². The molecule has 1 N–H and O–H groups in total. The summed E-state index contributed by atoms with van der Waals surface area (Å²) in [6.07, 6.45) is 1.85. The van der Waals surface area contributed by atoms with E-state index in [9.17, 15) is 4.79 Å². The number of carbonyl (C=O) groups is 1. The molecule has 0 aliphatic heterocycles. The summed E-state index contributed by atoms with van der Waals surface area (Å²) in [5.74, 6) is 3.11. The Bertz CT molecular complexity index is 658. The smallest absolute Gasteiger partial charge is 0.230 e. The first kappa shape index (κ1) is 19.2. The Morgan fingerprint density at radius 2 is 1.76 bits per heavy atom. The fourth-order valence-corrected chi connectivity index (χ4v) is 3.20. The summed E-state index contributed by atoms with van der Waals surface area (Å²) in [4.78, 5) is 11.9. The van der Waals surface area contributed by atoms with Crippen molar-refractivity contribution >= 4 is 17.7 Å². The molecular weight excluding hydrogens is 334 g/mol. The molecule has 134 valence electrons. The van der Waals surface area contributed by atoms with Crippen molar-refractivity contribution in [2.24, 2.45) is 0 Å². The van der Waals surface area contributed by atoms with E-state index < -0.39 is 0 Å². The SMILES string of the molecule is COc1ccc(CSCC(=O)NCCCc2cccc(OC)c2)cc1. The van der Waals surface area contributed by atoms with Gasteiger partial charge in [0.1, 0.15) is 11.5 Å². The van der Waals surface area contributed by atoms with E-state index in [0.717, 1.165) is 30.1 Å². The Morgan fingerprint density at radius 1 is 1.00 bits per heavy atom. The molecule has 2 aromatic rings. The lowest BCUT2D eigenvalue weighted by Gasteiger charge is -2.07. The second kappa shape index (κ2) is 10.7. The molecule has 0 fully saturated rings. The van der Waals surface area contributed by atoms with Crippen LogP contribution >= 0.6 is 11.8 Å². The molecule has 2 rings (SSSR count). The van der Waals surface area contributed by atoms with E-state index in [1.54, 1.807) is 26.0 Å². The van der Waals surface area contributed by atoms with Crippen molar-refractivity contribution < 1.29 is 14.3 Å². The molecule has 0 unspecified atom stereocenters. The molecule has 25 heavy (non-hydrogen) atoms. The average Bonchev–Trinajstić information content (AvgIpc) is 2.66. The number of rotatable bonds is 10. The first-order valence-electron chi connectivity index (χ1n) is 8.31. The molecule has 0 aromatic heterocycles. The van der Waals surface area contributed by atoms with Gasteiger partial charge in [-0.15, -0.1) is 11.8 Å². The van der Waals surface area contributed by atoms with Crippen LogP contribution in [0.5, 0.6) is 11.5 Å². The number of carbonyl (C=O) groups excluding carboxylic acids is 1. The van der Waals surface area contributed by atoms with Gasteiger partial charge >= 0.3 is 0 Å². The van der Waals surface area contributed by atoms with Gasteiger partial charge in [-0.1, -0.05) is 24.3 Å². The minimum absolute atomic E-state index is 0.0872. The Balaban J connectivity index is 1.58. The third kappa shape index (κ3) is 7.10. The number of hydrogen-bond acceptors (Lipinski definition) is 4. The number of ether oxygens (including phenoxy) is 2. The van der Waals surface area contributed by atoms with Gasteiger partial charge in [0.05, 0.1) is 20.0 Å². The molecule has 0 spiro atoms. The van der Waals surface area contributed by atoms with Gasteiger partial charge in [0.2, 0.25) is 5.91 Å². The number of aryl methyl sites for hydroxylation is 1. The van der Waals surface area contributed by atoms with Crippen LogP contribution in [0.25, 0.3) is 0 Å². The Kier molecular flexibility index (Phi) is 8.19. The van der Waals surface area contributed by atoms with Crippen LogP contribution in [0.15, 0.2) is 48.5 Å². The number of nitrogens with one attached hydrogen (secondary N) is 1. The third-order valence-electron chi connectivity index (χ3n) is 3.76. The van der Waals surface area contributed by atoms with Gasteiger partial charge in [0, 0.05) is 12.3 Å². The maximum Gasteiger partial charge on any atom is 0.230 e. The summed E-state index contributed by atoms with van der Waals surface area (Å²) in [6, 6.07) is 16.0. The second-order valence-corrected chi connectivity index (χ2v) is 6.63. The number of thioether (sulfide) groups is 1. The van der Waals surface area contributed by atoms with Crippen molar-refractivity contribution in [1.82, 2.24) is 5.32 Å². The lowest BCUT2D eigenvalue weighted by atomic mass is 10.1. The summed E-state index contributed by atoms with van der Waals surface area (Å²) in [5, 5.41) is 2.98. The second-order valence-electron chi connectivity index (χ2n) is 5.65. The zero-order chi connectivity index (χ0) is 17.9. The molecule has 0 aliphatic rings. The predicted molar refractivity (Wildman–Crippen MR) is 103 cm³/mol. The normalized spacial score (nSPS) is 10.3. The van der Waals surface area contributed by atoms with E-state index in [-0.39, 0.29) is 5.91 Å².